The van der Waals surface area contributed by atoms with Gasteiger partial charge in [0.15, 0.2) is 5.78 Å². The number of rotatable bonds is 7. The van der Waals surface area contributed by atoms with Crippen LogP contribution in [0.5, 0.6) is 5.75 Å². The van der Waals surface area contributed by atoms with Crippen molar-refractivity contribution in [3.63, 3.8) is 0 Å². The van der Waals surface area contributed by atoms with Gasteiger partial charge < -0.3 is 9.30 Å². The average molecular weight is 563 g/mol. The number of sulfonamides is 1. The fourth-order valence-corrected chi connectivity index (χ4v) is 5.86. The van der Waals surface area contributed by atoms with E-state index in [9.17, 15) is 35.6 Å². The van der Waals surface area contributed by atoms with Crippen LogP contribution >= 0.6 is 0 Å². The number of allylic oxidation sites excluding steroid dienone is 4. The van der Waals surface area contributed by atoms with E-state index in [2.05, 4.69) is 9.46 Å². The molecule has 0 atom stereocenters. The number of hydrogen-bond donors (Lipinski definition) is 1. The number of alkyl halides is 3. The second-order valence-corrected chi connectivity index (χ2v) is 11.4. The smallest absolute Gasteiger partial charge is 0.406 e. The minimum Gasteiger partial charge on any atom is -0.406 e. The largest absolute Gasteiger partial charge is 0.573 e. The van der Waals surface area contributed by atoms with Gasteiger partial charge in [-0.3, -0.25) is 9.59 Å². The molecule has 1 aromatic heterocycles. The zero-order valence-corrected chi connectivity index (χ0v) is 21.3. The molecule has 0 radical (unpaired) electrons. The summed E-state index contributed by atoms with van der Waals surface area (Å²) in [5.41, 5.74) is 0.976. The van der Waals surface area contributed by atoms with Crippen LogP contribution in [0.4, 0.5) is 17.6 Å². The number of nitrogens with one attached hydrogen (secondary N) is 1. The Morgan fingerprint density at radius 1 is 1.15 bits per heavy atom. The number of benzene rings is 2. The van der Waals surface area contributed by atoms with Gasteiger partial charge >= 0.3 is 6.36 Å². The molecule has 0 bridgehead atoms. The molecular formula is C27H22F4N2O5S. The Balaban J connectivity index is 1.73. The Morgan fingerprint density at radius 3 is 2.56 bits per heavy atom. The van der Waals surface area contributed by atoms with E-state index in [0.29, 0.717) is 23.7 Å². The first-order valence-corrected chi connectivity index (χ1v) is 13.5. The molecule has 3 aromatic rings. The van der Waals surface area contributed by atoms with Crippen molar-refractivity contribution in [3.05, 3.63) is 82.8 Å². The highest BCUT2D eigenvalue weighted by atomic mass is 32.2. The van der Waals surface area contributed by atoms with Crippen molar-refractivity contribution in [2.45, 2.75) is 44.3 Å². The van der Waals surface area contributed by atoms with Gasteiger partial charge in [0.25, 0.3) is 5.91 Å². The van der Waals surface area contributed by atoms with E-state index in [4.69, 9.17) is 0 Å². The van der Waals surface area contributed by atoms with E-state index >= 15 is 0 Å². The Labute approximate surface area is 220 Å². The van der Waals surface area contributed by atoms with E-state index in [-0.39, 0.29) is 34.6 Å². The van der Waals surface area contributed by atoms with E-state index in [1.165, 1.54) is 10.6 Å². The SMILES string of the molecule is Cc1ccc2c(c1)c(C1=CC=CCC1=O)c(C(=O)NS(=O)(=O)C1CC1)n2Cc1cc(OC(F)(F)F)ccc1F. The number of carbonyl (C=O) groups is 2. The minimum atomic E-state index is -5.01. The van der Waals surface area contributed by atoms with Gasteiger partial charge in [-0.1, -0.05) is 29.9 Å². The standard InChI is InChI=1S/C27H22F4N2O5S/c1-15-6-11-22-20(12-15)24(19-4-2-3-5-23(19)34)25(26(35)32-39(36,37)18-8-9-18)33(22)14-16-13-17(7-10-21(16)28)38-27(29,30)31/h2-4,6-7,10-13,18H,5,8-9,14H2,1H3,(H,32,35). The molecule has 39 heavy (non-hydrogen) atoms. The quantitative estimate of drug-likeness (QED) is 0.401. The molecule has 2 aromatic carbocycles. The van der Waals surface area contributed by atoms with E-state index in [1.54, 1.807) is 37.3 Å². The lowest BCUT2D eigenvalue weighted by Gasteiger charge is -2.16. The van der Waals surface area contributed by atoms with Crippen molar-refractivity contribution >= 4 is 38.2 Å². The molecule has 2 aliphatic carbocycles. The Bertz CT molecular complexity index is 1680. The van der Waals surface area contributed by atoms with Crippen LogP contribution in [0.3, 0.4) is 0 Å². The number of fused-ring (bicyclic) bond motifs is 1. The molecule has 1 fully saturated rings. The predicted molar refractivity (Wildman–Crippen MR) is 135 cm³/mol. The van der Waals surface area contributed by atoms with Gasteiger partial charge in [0.2, 0.25) is 10.0 Å². The van der Waals surface area contributed by atoms with Gasteiger partial charge in [0.05, 0.1) is 11.8 Å². The summed E-state index contributed by atoms with van der Waals surface area (Å²) >= 11 is 0. The van der Waals surface area contributed by atoms with Crippen LogP contribution in [0, 0.1) is 12.7 Å². The maximum absolute atomic E-state index is 14.9. The topological polar surface area (TPSA) is 94.5 Å². The van der Waals surface area contributed by atoms with Crippen LogP contribution in [0.1, 0.15) is 46.4 Å². The monoisotopic (exact) mass is 562 g/mol. The van der Waals surface area contributed by atoms with Crippen molar-refractivity contribution in [3.8, 4) is 5.75 Å². The van der Waals surface area contributed by atoms with E-state index in [1.807, 2.05) is 0 Å². The number of nitrogens with zero attached hydrogens (tertiary/aromatic N) is 1. The van der Waals surface area contributed by atoms with E-state index < -0.39 is 45.7 Å². The van der Waals surface area contributed by atoms with Crippen molar-refractivity contribution in [1.82, 2.24) is 9.29 Å². The molecule has 5 rings (SSSR count). The highest BCUT2D eigenvalue weighted by molar-refractivity contribution is 7.91. The normalized spacial score (nSPS) is 15.9. The van der Waals surface area contributed by atoms with Crippen molar-refractivity contribution in [2.24, 2.45) is 0 Å². The third kappa shape index (κ3) is 5.47. The highest BCUT2D eigenvalue weighted by Crippen LogP contribution is 2.37. The lowest BCUT2D eigenvalue weighted by molar-refractivity contribution is -0.274. The number of hydrogen-bond acceptors (Lipinski definition) is 5. The number of aryl methyl sites for hydroxylation is 1. The Hall–Kier alpha value is -3.93. The van der Waals surface area contributed by atoms with Crippen molar-refractivity contribution < 1.29 is 40.3 Å². The molecule has 204 valence electrons. The van der Waals surface area contributed by atoms with Crippen LogP contribution in [0.25, 0.3) is 16.5 Å². The van der Waals surface area contributed by atoms with Gasteiger partial charge in [-0.05, 0) is 50.1 Å². The number of aromatic nitrogens is 1. The van der Waals surface area contributed by atoms with Crippen molar-refractivity contribution in [1.29, 1.82) is 0 Å². The highest BCUT2D eigenvalue weighted by Gasteiger charge is 2.39. The molecule has 12 heteroatoms. The number of ketones is 1. The first-order valence-electron chi connectivity index (χ1n) is 12.0. The van der Waals surface area contributed by atoms with Crippen LogP contribution in [-0.2, 0) is 21.4 Å². The van der Waals surface area contributed by atoms with Gasteiger partial charge in [-0.2, -0.15) is 0 Å². The summed E-state index contributed by atoms with van der Waals surface area (Å²) in [7, 11) is -4.02. The molecule has 1 saturated carbocycles. The average Bonchev–Trinajstić information content (AvgIpc) is 3.65. The van der Waals surface area contributed by atoms with Gasteiger partial charge in [0, 0.05) is 34.0 Å². The number of amides is 1. The molecule has 0 unspecified atom stereocenters. The molecule has 2 aliphatic rings. The number of halogens is 4. The van der Waals surface area contributed by atoms with Crippen LogP contribution in [-0.4, -0.2) is 36.3 Å². The van der Waals surface area contributed by atoms with Crippen LogP contribution in [0.2, 0.25) is 0 Å². The molecule has 0 aliphatic heterocycles. The number of Topliss-reactive ketones (excluding diaryl/α,β-unsaturated/α-hetero) is 1. The summed E-state index contributed by atoms with van der Waals surface area (Å²) in [4.78, 5) is 26.6. The lowest BCUT2D eigenvalue weighted by Crippen LogP contribution is -2.35. The fraction of sp³-hybridized carbons (Fsp3) is 0.259. The Morgan fingerprint density at radius 2 is 1.90 bits per heavy atom. The number of carbonyl (C=O) groups excluding carboxylic acids is 2. The molecule has 1 heterocycles. The molecule has 1 N–H and O–H groups in total. The second kappa shape index (κ2) is 9.67. The van der Waals surface area contributed by atoms with Gasteiger partial charge in [-0.25, -0.2) is 17.5 Å². The zero-order chi connectivity index (χ0) is 28.1. The maximum atomic E-state index is 14.9. The summed E-state index contributed by atoms with van der Waals surface area (Å²) < 4.78 is 86.0. The fourth-order valence-electron chi connectivity index (χ4n) is 4.59. The number of ether oxygens (including phenoxy) is 1. The zero-order valence-electron chi connectivity index (χ0n) is 20.5. The summed E-state index contributed by atoms with van der Waals surface area (Å²) in [6.07, 6.45) is 0.607. The summed E-state index contributed by atoms with van der Waals surface area (Å²) in [5, 5.41) is -0.293. The lowest BCUT2D eigenvalue weighted by atomic mass is 9.93. The third-order valence-corrected chi connectivity index (χ3v) is 8.30. The van der Waals surface area contributed by atoms with Crippen LogP contribution in [0.15, 0.2) is 54.6 Å². The first kappa shape index (κ1) is 26.7. The molecule has 7 nitrogen and oxygen atoms in total. The minimum absolute atomic E-state index is 0.0528. The van der Waals surface area contributed by atoms with E-state index in [0.717, 1.165) is 23.8 Å². The summed E-state index contributed by atoms with van der Waals surface area (Å²) in [6, 6.07) is 7.53. The maximum Gasteiger partial charge on any atom is 0.573 e. The molecule has 0 saturated heterocycles. The molecule has 1 amide bonds. The first-order chi connectivity index (χ1) is 18.3. The molecular weight excluding hydrogens is 540 g/mol. The van der Waals surface area contributed by atoms with Gasteiger partial charge in [-0.15, -0.1) is 13.2 Å². The third-order valence-electron chi connectivity index (χ3n) is 6.48. The summed E-state index contributed by atoms with van der Waals surface area (Å²) in [5.74, 6) is -2.88. The second-order valence-electron chi connectivity index (χ2n) is 9.44. The summed E-state index contributed by atoms with van der Waals surface area (Å²) in [6.45, 7) is 1.33. The van der Waals surface area contributed by atoms with Crippen molar-refractivity contribution in [2.75, 3.05) is 0 Å². The molecule has 0 spiro atoms. The predicted octanol–water partition coefficient (Wildman–Crippen LogP) is 5.17. The Kier molecular flexibility index (Phi) is 6.61. The van der Waals surface area contributed by atoms with Gasteiger partial charge in [0.1, 0.15) is 17.3 Å². The van der Waals surface area contributed by atoms with Crippen LogP contribution < -0.4 is 9.46 Å².